The summed E-state index contributed by atoms with van der Waals surface area (Å²) in [6.07, 6.45) is 6.54. The maximum Gasteiger partial charge on any atom is 0.321 e. The number of carbonyl (C=O) groups is 1. The Morgan fingerprint density at radius 3 is 2.50 bits per heavy atom. The summed E-state index contributed by atoms with van der Waals surface area (Å²) in [4.78, 5) is 14.1. The van der Waals surface area contributed by atoms with Crippen molar-refractivity contribution < 1.29 is 9.18 Å². The number of nitrogens with zero attached hydrogens (tertiary/aromatic N) is 1. The number of amides is 2. The smallest absolute Gasteiger partial charge is 0.321 e. The van der Waals surface area contributed by atoms with Crippen LogP contribution in [-0.4, -0.2) is 24.0 Å². The molecule has 1 fully saturated rings. The summed E-state index contributed by atoms with van der Waals surface area (Å²) in [5.41, 5.74) is 1.10. The second-order valence-corrected chi connectivity index (χ2v) is 5.76. The first-order valence-corrected chi connectivity index (χ1v) is 7.10. The number of carbonyl (C=O) groups excluding carboxylic acids is 1. The van der Waals surface area contributed by atoms with Gasteiger partial charge in [-0.1, -0.05) is 18.2 Å². The van der Waals surface area contributed by atoms with E-state index in [0.717, 1.165) is 25.9 Å². The van der Waals surface area contributed by atoms with E-state index in [1.165, 1.54) is 6.07 Å². The third kappa shape index (κ3) is 2.55. The number of hydrogen-bond donors (Lipinski definition) is 1. The van der Waals surface area contributed by atoms with Gasteiger partial charge in [-0.15, -0.1) is 0 Å². The van der Waals surface area contributed by atoms with Gasteiger partial charge in [0.05, 0.1) is 0 Å². The molecule has 2 amide bonds. The number of hydrogen-bond acceptors (Lipinski definition) is 1. The zero-order valence-electron chi connectivity index (χ0n) is 11.6. The lowest BCUT2D eigenvalue weighted by atomic mass is 9.86. The lowest BCUT2D eigenvalue weighted by molar-refractivity contribution is 0.220. The summed E-state index contributed by atoms with van der Waals surface area (Å²) in [5, 5.41) is 2.79. The molecule has 0 aromatic heterocycles. The van der Waals surface area contributed by atoms with Gasteiger partial charge >= 0.3 is 6.03 Å². The molecule has 0 radical (unpaired) electrons. The number of allylic oxidation sites excluding steroid dienone is 2. The van der Waals surface area contributed by atoms with Crippen LogP contribution in [0.1, 0.15) is 18.4 Å². The van der Waals surface area contributed by atoms with E-state index in [2.05, 4.69) is 17.5 Å². The van der Waals surface area contributed by atoms with E-state index < -0.39 is 0 Å². The van der Waals surface area contributed by atoms with Crippen molar-refractivity contribution in [2.45, 2.75) is 19.8 Å². The second-order valence-electron chi connectivity index (χ2n) is 5.76. The van der Waals surface area contributed by atoms with Gasteiger partial charge in [-0.3, -0.25) is 0 Å². The summed E-state index contributed by atoms with van der Waals surface area (Å²) >= 11 is 0. The Bertz CT molecular complexity index is 539. The molecule has 1 aromatic carbocycles. The molecule has 0 spiro atoms. The van der Waals surface area contributed by atoms with Crippen molar-refractivity contribution >= 4 is 11.7 Å². The Kier molecular flexibility index (Phi) is 3.47. The van der Waals surface area contributed by atoms with E-state index in [0.29, 0.717) is 23.1 Å². The van der Waals surface area contributed by atoms with Crippen molar-refractivity contribution in [3.8, 4) is 0 Å². The van der Waals surface area contributed by atoms with Crippen LogP contribution in [0.15, 0.2) is 30.4 Å². The summed E-state index contributed by atoms with van der Waals surface area (Å²) < 4.78 is 13.5. The Morgan fingerprint density at radius 1 is 1.25 bits per heavy atom. The zero-order chi connectivity index (χ0) is 14.1. The van der Waals surface area contributed by atoms with Crippen molar-refractivity contribution in [1.82, 2.24) is 4.90 Å². The topological polar surface area (TPSA) is 32.3 Å². The molecular weight excluding hydrogens is 255 g/mol. The average molecular weight is 274 g/mol. The molecule has 0 bridgehead atoms. The van der Waals surface area contributed by atoms with Gasteiger partial charge in [0.25, 0.3) is 0 Å². The Morgan fingerprint density at radius 2 is 1.90 bits per heavy atom. The fraction of sp³-hybridized carbons (Fsp3) is 0.438. The summed E-state index contributed by atoms with van der Waals surface area (Å²) in [5.74, 6) is 0.878. The van der Waals surface area contributed by atoms with Crippen molar-refractivity contribution in [3.05, 3.63) is 41.7 Å². The Balaban J connectivity index is 1.64. The normalized spacial score (nSPS) is 24.6. The first kappa shape index (κ1) is 13.2. The van der Waals surface area contributed by atoms with Gasteiger partial charge in [-0.2, -0.15) is 0 Å². The molecule has 1 aliphatic heterocycles. The molecule has 4 heteroatoms. The minimum Gasteiger partial charge on any atom is -0.324 e. The van der Waals surface area contributed by atoms with Crippen LogP contribution in [0.4, 0.5) is 14.9 Å². The molecule has 2 aliphatic rings. The molecule has 2 atom stereocenters. The standard InChI is InChI=1S/C16H19FN2O/c1-11-6-7-14(8-15(11)17)18-16(20)19-9-12-4-2-3-5-13(12)10-19/h2-3,6-8,12-13H,4-5,9-10H2,1H3,(H,18,20)/t12-,13+. The quantitative estimate of drug-likeness (QED) is 0.780. The molecule has 1 heterocycles. The number of aryl methyl sites for hydroxylation is 1. The average Bonchev–Trinajstić information content (AvgIpc) is 2.87. The minimum atomic E-state index is -0.290. The van der Waals surface area contributed by atoms with Gasteiger partial charge in [-0.25, -0.2) is 9.18 Å². The maximum absolute atomic E-state index is 13.5. The van der Waals surface area contributed by atoms with E-state index in [1.54, 1.807) is 19.1 Å². The number of urea groups is 1. The molecule has 1 saturated heterocycles. The van der Waals surface area contributed by atoms with Gasteiger partial charge in [0, 0.05) is 18.8 Å². The largest absolute Gasteiger partial charge is 0.324 e. The predicted molar refractivity (Wildman–Crippen MR) is 77.1 cm³/mol. The van der Waals surface area contributed by atoms with Gasteiger partial charge in [0.15, 0.2) is 0 Å². The molecule has 0 unspecified atom stereocenters. The van der Waals surface area contributed by atoms with Crippen LogP contribution >= 0.6 is 0 Å². The molecule has 3 rings (SSSR count). The van der Waals surface area contributed by atoms with E-state index in [-0.39, 0.29) is 11.8 Å². The highest BCUT2D eigenvalue weighted by atomic mass is 19.1. The first-order chi connectivity index (χ1) is 9.63. The molecule has 0 saturated carbocycles. The van der Waals surface area contributed by atoms with Crippen molar-refractivity contribution in [2.24, 2.45) is 11.8 Å². The lowest BCUT2D eigenvalue weighted by Crippen LogP contribution is -2.33. The number of benzene rings is 1. The third-order valence-electron chi connectivity index (χ3n) is 4.33. The molecule has 106 valence electrons. The fourth-order valence-electron chi connectivity index (χ4n) is 3.05. The van der Waals surface area contributed by atoms with Crippen LogP contribution in [0.3, 0.4) is 0 Å². The SMILES string of the molecule is Cc1ccc(NC(=O)N2C[C@H]3CC=CC[C@H]3C2)cc1F. The number of halogens is 1. The molecule has 3 nitrogen and oxygen atoms in total. The Labute approximate surface area is 118 Å². The van der Waals surface area contributed by atoms with Crippen LogP contribution in [0.2, 0.25) is 0 Å². The number of rotatable bonds is 1. The third-order valence-corrected chi connectivity index (χ3v) is 4.33. The van der Waals surface area contributed by atoms with Crippen LogP contribution < -0.4 is 5.32 Å². The summed E-state index contributed by atoms with van der Waals surface area (Å²) in [6.45, 7) is 3.31. The minimum absolute atomic E-state index is 0.123. The summed E-state index contributed by atoms with van der Waals surface area (Å²) in [6, 6.07) is 4.67. The predicted octanol–water partition coefficient (Wildman–Crippen LogP) is 3.56. The number of fused-ring (bicyclic) bond motifs is 1. The number of nitrogens with one attached hydrogen (secondary N) is 1. The van der Waals surface area contributed by atoms with E-state index >= 15 is 0 Å². The van der Waals surface area contributed by atoms with Crippen LogP contribution in [0, 0.1) is 24.6 Å². The fourth-order valence-corrected chi connectivity index (χ4v) is 3.05. The van der Waals surface area contributed by atoms with Gasteiger partial charge in [0.2, 0.25) is 0 Å². The van der Waals surface area contributed by atoms with Crippen LogP contribution in [0.5, 0.6) is 0 Å². The summed E-state index contributed by atoms with van der Waals surface area (Å²) in [7, 11) is 0. The van der Waals surface area contributed by atoms with E-state index in [9.17, 15) is 9.18 Å². The first-order valence-electron chi connectivity index (χ1n) is 7.10. The van der Waals surface area contributed by atoms with E-state index in [4.69, 9.17) is 0 Å². The highest BCUT2D eigenvalue weighted by Gasteiger charge is 2.35. The molecule has 1 aromatic rings. The maximum atomic E-state index is 13.5. The highest BCUT2D eigenvalue weighted by Crippen LogP contribution is 2.33. The van der Waals surface area contributed by atoms with Gasteiger partial charge < -0.3 is 10.2 Å². The van der Waals surface area contributed by atoms with Crippen LogP contribution in [-0.2, 0) is 0 Å². The zero-order valence-corrected chi connectivity index (χ0v) is 11.6. The molecular formula is C16H19FN2O. The Hall–Kier alpha value is -1.84. The highest BCUT2D eigenvalue weighted by molar-refractivity contribution is 5.89. The molecule has 1 N–H and O–H groups in total. The molecule has 20 heavy (non-hydrogen) atoms. The number of anilines is 1. The van der Waals surface area contributed by atoms with Crippen molar-refractivity contribution in [3.63, 3.8) is 0 Å². The van der Waals surface area contributed by atoms with Gasteiger partial charge in [0.1, 0.15) is 5.82 Å². The monoisotopic (exact) mass is 274 g/mol. The lowest BCUT2D eigenvalue weighted by Gasteiger charge is -2.17. The van der Waals surface area contributed by atoms with Crippen LogP contribution in [0.25, 0.3) is 0 Å². The van der Waals surface area contributed by atoms with E-state index in [1.807, 2.05) is 4.90 Å². The van der Waals surface area contributed by atoms with Crippen molar-refractivity contribution in [1.29, 1.82) is 0 Å². The van der Waals surface area contributed by atoms with Gasteiger partial charge in [-0.05, 0) is 49.3 Å². The number of likely N-dealkylation sites (tertiary alicyclic amines) is 1. The van der Waals surface area contributed by atoms with Crippen molar-refractivity contribution in [2.75, 3.05) is 18.4 Å². The second kappa shape index (κ2) is 5.27. The molecule has 1 aliphatic carbocycles.